The number of β-amino-alcohol motifs (C(OH)–C–C–N with tert-alkyl or cyclic N) is 1. The molecule has 0 aromatic rings. The van der Waals surface area contributed by atoms with Gasteiger partial charge in [0.05, 0.1) is 5.60 Å². The predicted octanol–water partition coefficient (Wildman–Crippen LogP) is 0.441. The Hall–Kier alpha value is -0.120. The number of hydrogen-bond acceptors (Lipinski definition) is 3. The highest BCUT2D eigenvalue weighted by Gasteiger charge is 2.45. The molecule has 3 heteroatoms. The molecule has 1 saturated heterocycles. The molecular weight excluding hydrogens is 164 g/mol. The van der Waals surface area contributed by atoms with Crippen LogP contribution in [0.4, 0.5) is 0 Å². The maximum absolute atomic E-state index is 10.5. The largest absolute Gasteiger partial charge is 0.387 e. The first kappa shape index (κ1) is 11.0. The molecule has 1 aliphatic rings. The van der Waals surface area contributed by atoms with Gasteiger partial charge in [-0.05, 0) is 47.3 Å². The van der Waals surface area contributed by atoms with Gasteiger partial charge in [-0.1, -0.05) is 0 Å². The summed E-state index contributed by atoms with van der Waals surface area (Å²) in [5.74, 6) is 0. The van der Waals surface area contributed by atoms with E-state index >= 15 is 0 Å². The number of piperidine rings is 1. The van der Waals surface area contributed by atoms with Gasteiger partial charge in [-0.15, -0.1) is 0 Å². The zero-order valence-electron chi connectivity index (χ0n) is 9.22. The fourth-order valence-corrected chi connectivity index (χ4v) is 1.83. The molecule has 1 rings (SSSR count). The standard InChI is InChI=1S/C10H22N2O/c1-9(2,12(3)4)10(13)6-5-7-11-8-10/h11,13H,5-8H2,1-4H3. The van der Waals surface area contributed by atoms with E-state index in [9.17, 15) is 5.11 Å². The zero-order valence-corrected chi connectivity index (χ0v) is 9.22. The normalized spacial score (nSPS) is 30.9. The van der Waals surface area contributed by atoms with Crippen LogP contribution in [0.3, 0.4) is 0 Å². The molecule has 0 aromatic heterocycles. The Morgan fingerprint density at radius 3 is 2.38 bits per heavy atom. The Labute approximate surface area is 81.1 Å². The van der Waals surface area contributed by atoms with Crippen molar-refractivity contribution in [2.45, 2.75) is 37.8 Å². The molecule has 1 atom stereocenters. The smallest absolute Gasteiger partial charge is 0.0948 e. The summed E-state index contributed by atoms with van der Waals surface area (Å²) >= 11 is 0. The van der Waals surface area contributed by atoms with Crippen LogP contribution in [0.5, 0.6) is 0 Å². The lowest BCUT2D eigenvalue weighted by Crippen LogP contribution is -2.64. The first-order chi connectivity index (χ1) is 5.90. The van der Waals surface area contributed by atoms with Crippen molar-refractivity contribution in [1.29, 1.82) is 0 Å². The lowest BCUT2D eigenvalue weighted by atomic mass is 9.76. The lowest BCUT2D eigenvalue weighted by Gasteiger charge is -2.49. The van der Waals surface area contributed by atoms with Crippen molar-refractivity contribution < 1.29 is 5.11 Å². The van der Waals surface area contributed by atoms with E-state index in [1.54, 1.807) is 0 Å². The molecule has 78 valence electrons. The van der Waals surface area contributed by atoms with Crippen LogP contribution in [-0.2, 0) is 0 Å². The third-order valence-corrected chi connectivity index (χ3v) is 3.62. The predicted molar refractivity (Wildman–Crippen MR) is 54.8 cm³/mol. The van der Waals surface area contributed by atoms with Gasteiger partial charge < -0.3 is 15.3 Å². The average molecular weight is 186 g/mol. The second-order valence-corrected chi connectivity index (χ2v) is 4.77. The van der Waals surface area contributed by atoms with Crippen molar-refractivity contribution >= 4 is 0 Å². The summed E-state index contributed by atoms with van der Waals surface area (Å²) in [6.45, 7) is 5.93. The Bertz CT molecular complexity index is 172. The third kappa shape index (κ3) is 1.87. The van der Waals surface area contributed by atoms with E-state index in [1.807, 2.05) is 14.1 Å². The topological polar surface area (TPSA) is 35.5 Å². The molecule has 0 aromatic carbocycles. The molecule has 1 fully saturated rings. The number of likely N-dealkylation sites (N-methyl/N-ethyl adjacent to an activating group) is 1. The second-order valence-electron chi connectivity index (χ2n) is 4.77. The van der Waals surface area contributed by atoms with Crippen LogP contribution in [0.25, 0.3) is 0 Å². The van der Waals surface area contributed by atoms with Crippen molar-refractivity contribution in [2.24, 2.45) is 0 Å². The Morgan fingerprint density at radius 2 is 2.00 bits per heavy atom. The van der Waals surface area contributed by atoms with Crippen LogP contribution >= 0.6 is 0 Å². The molecule has 0 amide bonds. The third-order valence-electron chi connectivity index (χ3n) is 3.62. The van der Waals surface area contributed by atoms with Gasteiger partial charge in [0, 0.05) is 12.1 Å². The van der Waals surface area contributed by atoms with Crippen molar-refractivity contribution in [2.75, 3.05) is 27.2 Å². The van der Waals surface area contributed by atoms with Gasteiger partial charge >= 0.3 is 0 Å². The molecule has 1 aliphatic heterocycles. The Morgan fingerprint density at radius 1 is 1.38 bits per heavy atom. The van der Waals surface area contributed by atoms with Gasteiger partial charge in [-0.2, -0.15) is 0 Å². The number of aliphatic hydroxyl groups is 1. The van der Waals surface area contributed by atoms with E-state index in [1.165, 1.54) is 0 Å². The van der Waals surface area contributed by atoms with Crippen LogP contribution < -0.4 is 5.32 Å². The highest BCUT2D eigenvalue weighted by Crippen LogP contribution is 2.31. The monoisotopic (exact) mass is 186 g/mol. The van der Waals surface area contributed by atoms with Crippen LogP contribution in [0, 0.1) is 0 Å². The molecule has 0 bridgehead atoms. The van der Waals surface area contributed by atoms with Crippen LogP contribution in [0.1, 0.15) is 26.7 Å². The van der Waals surface area contributed by atoms with Gasteiger partial charge in [0.15, 0.2) is 0 Å². The highest BCUT2D eigenvalue weighted by molar-refractivity contribution is 5.02. The van der Waals surface area contributed by atoms with E-state index in [0.717, 1.165) is 19.4 Å². The summed E-state index contributed by atoms with van der Waals surface area (Å²) in [6.07, 6.45) is 1.96. The molecule has 1 heterocycles. The average Bonchev–Trinajstić information content (AvgIpc) is 2.05. The van der Waals surface area contributed by atoms with Crippen molar-refractivity contribution in [3.63, 3.8) is 0 Å². The summed E-state index contributed by atoms with van der Waals surface area (Å²) in [7, 11) is 4.04. The number of nitrogens with one attached hydrogen (secondary N) is 1. The molecule has 3 nitrogen and oxygen atoms in total. The molecule has 0 saturated carbocycles. The van der Waals surface area contributed by atoms with Crippen molar-refractivity contribution in [1.82, 2.24) is 10.2 Å². The van der Waals surface area contributed by atoms with Gasteiger partial charge in [0.2, 0.25) is 0 Å². The van der Waals surface area contributed by atoms with Crippen LogP contribution in [0.2, 0.25) is 0 Å². The van der Waals surface area contributed by atoms with E-state index in [-0.39, 0.29) is 5.54 Å². The van der Waals surface area contributed by atoms with Gasteiger partial charge in [0.1, 0.15) is 0 Å². The number of hydrogen-bond donors (Lipinski definition) is 2. The van der Waals surface area contributed by atoms with Crippen molar-refractivity contribution in [3.8, 4) is 0 Å². The maximum Gasteiger partial charge on any atom is 0.0948 e. The molecule has 0 radical (unpaired) electrons. The molecular formula is C10H22N2O. The van der Waals surface area contributed by atoms with E-state index in [2.05, 4.69) is 24.1 Å². The van der Waals surface area contributed by atoms with Crippen molar-refractivity contribution in [3.05, 3.63) is 0 Å². The quantitative estimate of drug-likeness (QED) is 0.657. The van der Waals surface area contributed by atoms with E-state index in [4.69, 9.17) is 0 Å². The van der Waals surface area contributed by atoms with Gasteiger partial charge in [0.25, 0.3) is 0 Å². The minimum absolute atomic E-state index is 0.166. The lowest BCUT2D eigenvalue weighted by molar-refractivity contribution is -0.0941. The molecule has 13 heavy (non-hydrogen) atoms. The summed E-state index contributed by atoms with van der Waals surface area (Å²) < 4.78 is 0. The fraction of sp³-hybridized carbons (Fsp3) is 1.00. The van der Waals surface area contributed by atoms with Gasteiger partial charge in [-0.25, -0.2) is 0 Å². The maximum atomic E-state index is 10.5. The van der Waals surface area contributed by atoms with Gasteiger partial charge in [-0.3, -0.25) is 0 Å². The van der Waals surface area contributed by atoms with E-state index < -0.39 is 5.60 Å². The first-order valence-corrected chi connectivity index (χ1v) is 5.01. The summed E-state index contributed by atoms with van der Waals surface area (Å²) in [5, 5.41) is 13.7. The zero-order chi connectivity index (χ0) is 10.1. The second kappa shape index (κ2) is 3.56. The summed E-state index contributed by atoms with van der Waals surface area (Å²) in [5.41, 5.74) is -0.755. The molecule has 2 N–H and O–H groups in total. The fourth-order valence-electron chi connectivity index (χ4n) is 1.83. The highest BCUT2D eigenvalue weighted by atomic mass is 16.3. The molecule has 0 spiro atoms. The number of nitrogens with zero attached hydrogens (tertiary/aromatic N) is 1. The Balaban J connectivity index is 2.76. The molecule has 0 aliphatic carbocycles. The van der Waals surface area contributed by atoms with E-state index in [0.29, 0.717) is 6.54 Å². The van der Waals surface area contributed by atoms with Crippen LogP contribution in [-0.4, -0.2) is 48.3 Å². The summed E-state index contributed by atoms with van der Waals surface area (Å²) in [4.78, 5) is 2.10. The Kier molecular flexibility index (Phi) is 3.00. The minimum atomic E-state index is -0.589. The molecule has 1 unspecified atom stereocenters. The first-order valence-electron chi connectivity index (χ1n) is 5.01. The summed E-state index contributed by atoms with van der Waals surface area (Å²) in [6, 6.07) is 0. The minimum Gasteiger partial charge on any atom is -0.387 e. The number of rotatable bonds is 2. The van der Waals surface area contributed by atoms with Crippen LogP contribution in [0.15, 0.2) is 0 Å². The SMILES string of the molecule is CN(C)C(C)(C)C1(O)CCCNC1.